The molecule has 0 aromatic heterocycles. The SMILES string of the molecule is Cc1ccc(F)c(OC2CCN(C(=O)CNC3=C(C(=N)C(=O)N4C[C@@H](C)O[C@@H](C)C4)CCC3)CC2)c1. The molecule has 4 rings (SSSR count). The third-order valence-corrected chi connectivity index (χ3v) is 7.07. The van der Waals surface area contributed by atoms with Gasteiger partial charge >= 0.3 is 0 Å². The molecule has 1 aromatic rings. The van der Waals surface area contributed by atoms with Crippen molar-refractivity contribution in [2.75, 3.05) is 32.7 Å². The molecular weight excluding hydrogens is 463 g/mol. The quantitative estimate of drug-likeness (QED) is 0.561. The van der Waals surface area contributed by atoms with E-state index in [0.717, 1.165) is 24.1 Å². The van der Waals surface area contributed by atoms with E-state index in [9.17, 15) is 14.0 Å². The number of piperidine rings is 1. The number of likely N-dealkylation sites (tertiary alicyclic amines) is 1. The predicted octanol–water partition coefficient (Wildman–Crippen LogP) is 3.19. The van der Waals surface area contributed by atoms with Gasteiger partial charge in [0.2, 0.25) is 5.91 Å². The van der Waals surface area contributed by atoms with Crippen molar-refractivity contribution in [3.8, 4) is 5.75 Å². The van der Waals surface area contributed by atoms with Crippen LogP contribution in [0.2, 0.25) is 0 Å². The number of morpholine rings is 1. The van der Waals surface area contributed by atoms with Crippen molar-refractivity contribution in [1.29, 1.82) is 5.41 Å². The summed E-state index contributed by atoms with van der Waals surface area (Å²) in [6.45, 7) is 7.95. The number of benzene rings is 1. The maximum Gasteiger partial charge on any atom is 0.272 e. The van der Waals surface area contributed by atoms with Crippen molar-refractivity contribution >= 4 is 17.5 Å². The minimum Gasteiger partial charge on any atom is -0.487 e. The summed E-state index contributed by atoms with van der Waals surface area (Å²) in [5, 5.41) is 11.8. The third-order valence-electron chi connectivity index (χ3n) is 7.07. The van der Waals surface area contributed by atoms with Crippen LogP contribution in [0.15, 0.2) is 29.5 Å². The zero-order valence-corrected chi connectivity index (χ0v) is 21.4. The van der Waals surface area contributed by atoms with Gasteiger partial charge < -0.3 is 24.6 Å². The Bertz CT molecular complexity index is 1020. The van der Waals surface area contributed by atoms with Crippen LogP contribution in [-0.2, 0) is 14.3 Å². The van der Waals surface area contributed by atoms with Crippen molar-refractivity contribution < 1.29 is 23.5 Å². The van der Waals surface area contributed by atoms with Crippen LogP contribution in [0.5, 0.6) is 5.75 Å². The van der Waals surface area contributed by atoms with Crippen molar-refractivity contribution in [3.05, 3.63) is 40.8 Å². The van der Waals surface area contributed by atoms with E-state index in [1.165, 1.54) is 6.07 Å². The molecule has 196 valence electrons. The first-order valence-electron chi connectivity index (χ1n) is 12.9. The molecule has 0 spiro atoms. The van der Waals surface area contributed by atoms with Crippen LogP contribution in [0.1, 0.15) is 51.5 Å². The molecule has 36 heavy (non-hydrogen) atoms. The first-order chi connectivity index (χ1) is 17.2. The van der Waals surface area contributed by atoms with Crippen LogP contribution in [0.25, 0.3) is 0 Å². The largest absolute Gasteiger partial charge is 0.487 e. The maximum absolute atomic E-state index is 14.0. The fraction of sp³-hybridized carbons (Fsp3) is 0.593. The number of hydrogen-bond acceptors (Lipinski definition) is 6. The molecule has 2 saturated heterocycles. The Morgan fingerprint density at radius 1 is 1.14 bits per heavy atom. The van der Waals surface area contributed by atoms with Crippen molar-refractivity contribution in [3.63, 3.8) is 0 Å². The monoisotopic (exact) mass is 500 g/mol. The van der Waals surface area contributed by atoms with E-state index in [4.69, 9.17) is 14.9 Å². The van der Waals surface area contributed by atoms with Crippen LogP contribution in [-0.4, -0.2) is 78.4 Å². The number of carbonyl (C=O) groups is 2. The Labute approximate surface area is 212 Å². The maximum atomic E-state index is 14.0. The smallest absolute Gasteiger partial charge is 0.272 e. The first-order valence-corrected chi connectivity index (χ1v) is 12.9. The summed E-state index contributed by atoms with van der Waals surface area (Å²) < 4.78 is 25.6. The summed E-state index contributed by atoms with van der Waals surface area (Å²) in [5.41, 5.74) is 2.50. The number of rotatable bonds is 7. The lowest BCUT2D eigenvalue weighted by molar-refractivity contribution is -0.136. The van der Waals surface area contributed by atoms with Gasteiger partial charge in [0.1, 0.15) is 11.8 Å². The number of ether oxygens (including phenoxy) is 2. The fourth-order valence-electron chi connectivity index (χ4n) is 5.24. The molecule has 1 aliphatic carbocycles. The van der Waals surface area contributed by atoms with E-state index in [2.05, 4.69) is 5.32 Å². The van der Waals surface area contributed by atoms with Gasteiger partial charge in [-0.05, 0) is 57.7 Å². The molecule has 8 nitrogen and oxygen atoms in total. The lowest BCUT2D eigenvalue weighted by atomic mass is 10.1. The normalized spacial score (nSPS) is 23.1. The second-order valence-corrected chi connectivity index (χ2v) is 10.1. The molecular formula is C27H37FN4O4. The second-order valence-electron chi connectivity index (χ2n) is 10.1. The van der Waals surface area contributed by atoms with Crippen LogP contribution in [0, 0.1) is 18.2 Å². The molecule has 0 bridgehead atoms. The summed E-state index contributed by atoms with van der Waals surface area (Å²) in [7, 11) is 0. The van der Waals surface area contributed by atoms with Crippen molar-refractivity contribution in [2.24, 2.45) is 0 Å². The van der Waals surface area contributed by atoms with E-state index >= 15 is 0 Å². The standard InChI is InChI=1S/C27H37FN4O4/c1-17-7-8-22(28)24(13-17)36-20-9-11-31(12-10-20)25(33)14-30-23-6-4-5-21(23)26(29)27(34)32-15-18(2)35-19(3)16-32/h7-8,13,18-20,29-30H,4-6,9-12,14-16H2,1-3H3/t18-,19+. The number of hydrogen-bond donors (Lipinski definition) is 2. The Morgan fingerprint density at radius 3 is 2.53 bits per heavy atom. The Kier molecular flexibility index (Phi) is 8.28. The van der Waals surface area contributed by atoms with Crippen molar-refractivity contribution in [1.82, 2.24) is 15.1 Å². The first kappa shape index (κ1) is 26.1. The van der Waals surface area contributed by atoms with E-state index in [0.29, 0.717) is 51.0 Å². The van der Waals surface area contributed by atoms with E-state index in [1.54, 1.807) is 21.9 Å². The van der Waals surface area contributed by atoms with Gasteiger partial charge in [-0.2, -0.15) is 0 Å². The molecule has 2 amide bonds. The van der Waals surface area contributed by atoms with Crippen LogP contribution in [0.3, 0.4) is 0 Å². The van der Waals surface area contributed by atoms with Crippen LogP contribution in [0.4, 0.5) is 4.39 Å². The van der Waals surface area contributed by atoms with Crippen molar-refractivity contribution in [2.45, 2.75) is 71.2 Å². The summed E-state index contributed by atoms with van der Waals surface area (Å²) in [5.74, 6) is -0.403. The van der Waals surface area contributed by atoms with Crippen LogP contribution >= 0.6 is 0 Å². The van der Waals surface area contributed by atoms with Gasteiger partial charge in [-0.1, -0.05) is 6.07 Å². The number of nitrogens with one attached hydrogen (secondary N) is 2. The molecule has 2 aliphatic heterocycles. The van der Waals surface area contributed by atoms with Gasteiger partial charge in [0.05, 0.1) is 18.8 Å². The molecule has 1 aromatic carbocycles. The molecule has 9 heteroatoms. The Morgan fingerprint density at radius 2 is 1.83 bits per heavy atom. The highest BCUT2D eigenvalue weighted by Gasteiger charge is 2.32. The van der Waals surface area contributed by atoms with Gasteiger partial charge in [-0.25, -0.2) is 4.39 Å². The minimum absolute atomic E-state index is 0.0186. The van der Waals surface area contributed by atoms with E-state index in [1.807, 2.05) is 20.8 Å². The van der Waals surface area contributed by atoms with Gasteiger partial charge in [0.25, 0.3) is 5.91 Å². The molecule has 2 heterocycles. The molecule has 2 atom stereocenters. The molecule has 0 unspecified atom stereocenters. The van der Waals surface area contributed by atoms with E-state index in [-0.39, 0.29) is 53.9 Å². The number of nitrogens with zero attached hydrogens (tertiary/aromatic N) is 2. The topological polar surface area (TPSA) is 95.0 Å². The molecule has 2 N–H and O–H groups in total. The van der Waals surface area contributed by atoms with Gasteiger partial charge in [0, 0.05) is 50.3 Å². The number of allylic oxidation sites excluding steroid dienone is 1. The molecule has 3 aliphatic rings. The highest BCUT2D eigenvalue weighted by atomic mass is 19.1. The summed E-state index contributed by atoms with van der Waals surface area (Å²) in [6, 6.07) is 4.82. The van der Waals surface area contributed by atoms with Crippen LogP contribution < -0.4 is 10.1 Å². The zero-order chi connectivity index (χ0) is 25.8. The predicted molar refractivity (Wildman–Crippen MR) is 135 cm³/mol. The summed E-state index contributed by atoms with van der Waals surface area (Å²) in [4.78, 5) is 29.3. The lowest BCUT2D eigenvalue weighted by Gasteiger charge is -2.35. The van der Waals surface area contributed by atoms with Gasteiger partial charge in [-0.3, -0.25) is 15.0 Å². The Balaban J connectivity index is 1.27. The number of aryl methyl sites for hydroxylation is 1. The van der Waals surface area contributed by atoms with E-state index < -0.39 is 0 Å². The number of halogens is 1. The number of carbonyl (C=O) groups excluding carboxylic acids is 2. The molecule has 0 radical (unpaired) electrons. The molecule has 0 saturated carbocycles. The average Bonchev–Trinajstić information content (AvgIpc) is 3.32. The summed E-state index contributed by atoms with van der Waals surface area (Å²) >= 11 is 0. The molecule has 2 fully saturated rings. The average molecular weight is 501 g/mol. The zero-order valence-electron chi connectivity index (χ0n) is 21.4. The Hall–Kier alpha value is -2.94. The fourth-order valence-corrected chi connectivity index (χ4v) is 5.24. The minimum atomic E-state index is -0.370. The van der Waals surface area contributed by atoms with Gasteiger partial charge in [-0.15, -0.1) is 0 Å². The summed E-state index contributed by atoms with van der Waals surface area (Å²) in [6.07, 6.45) is 3.30. The van der Waals surface area contributed by atoms with Gasteiger partial charge in [0.15, 0.2) is 11.6 Å². The number of amides is 2. The highest BCUT2D eigenvalue weighted by Crippen LogP contribution is 2.27. The third kappa shape index (κ3) is 6.24. The highest BCUT2D eigenvalue weighted by molar-refractivity contribution is 6.44. The second kappa shape index (κ2) is 11.4. The lowest BCUT2D eigenvalue weighted by Crippen LogP contribution is -2.50.